The van der Waals surface area contributed by atoms with E-state index >= 15 is 0 Å². The lowest BCUT2D eigenvalue weighted by molar-refractivity contribution is -0.130. The Morgan fingerprint density at radius 2 is 1.72 bits per heavy atom. The van der Waals surface area contributed by atoms with Crippen molar-refractivity contribution in [2.24, 2.45) is 11.8 Å². The van der Waals surface area contributed by atoms with E-state index in [9.17, 15) is 29.0 Å². The molecule has 11 heteroatoms. The molecule has 0 unspecified atom stereocenters. The average Bonchev–Trinajstić information content (AvgIpc) is 3.50. The number of phenols is 2. The lowest BCUT2D eigenvalue weighted by Crippen LogP contribution is -2.53. The Balaban J connectivity index is 1.35. The Kier molecular flexibility index (Phi) is 4.92. The molecule has 0 aromatic heterocycles. The van der Waals surface area contributed by atoms with E-state index in [0.717, 1.165) is 4.90 Å². The molecule has 4 aliphatic heterocycles. The summed E-state index contributed by atoms with van der Waals surface area (Å²) in [5.74, 6) is -4.17. The molecule has 4 atom stereocenters. The van der Waals surface area contributed by atoms with Crippen LogP contribution in [0.3, 0.4) is 0 Å². The Bertz CT molecular complexity index is 1590. The van der Waals surface area contributed by atoms with Crippen LogP contribution in [0.2, 0.25) is 0 Å². The van der Waals surface area contributed by atoms with Crippen molar-refractivity contribution in [3.63, 3.8) is 0 Å². The van der Waals surface area contributed by atoms with E-state index in [1.54, 1.807) is 24.3 Å². The van der Waals surface area contributed by atoms with Gasteiger partial charge in [0, 0.05) is 23.4 Å². The highest BCUT2D eigenvalue weighted by molar-refractivity contribution is 6.26. The number of rotatable bonds is 3. The Morgan fingerprint density at radius 3 is 2.51 bits per heavy atom. The molecule has 0 radical (unpaired) electrons. The molecule has 2 saturated heterocycles. The van der Waals surface area contributed by atoms with Crippen LogP contribution in [-0.2, 0) is 26.3 Å². The predicted octanol–water partition coefficient (Wildman–Crippen LogP) is 2.18. The molecule has 3 aromatic rings. The highest BCUT2D eigenvalue weighted by Crippen LogP contribution is 2.54. The first-order valence-corrected chi connectivity index (χ1v) is 12.5. The van der Waals surface area contributed by atoms with E-state index in [1.165, 1.54) is 30.3 Å². The number of anilines is 2. The highest BCUT2D eigenvalue weighted by atomic mass is 19.1. The molecule has 10 nitrogen and oxygen atoms in total. The molecule has 2 fully saturated rings. The molecule has 1 spiro atoms. The summed E-state index contributed by atoms with van der Waals surface area (Å²) in [7, 11) is 0. The predicted molar refractivity (Wildman–Crippen MR) is 134 cm³/mol. The molecule has 4 heterocycles. The molecule has 7 rings (SSSR count). The molecule has 4 N–H and O–H groups in total. The Labute approximate surface area is 220 Å². The number of fused-ring (bicyclic) bond motifs is 5. The highest BCUT2D eigenvalue weighted by Gasteiger charge is 2.70. The number of ether oxygens (including phenoxy) is 2. The van der Waals surface area contributed by atoms with Crippen molar-refractivity contribution < 1.29 is 38.5 Å². The maximum atomic E-state index is 14.5. The van der Waals surface area contributed by atoms with Crippen molar-refractivity contribution >= 4 is 29.1 Å². The van der Waals surface area contributed by atoms with Gasteiger partial charge in [0.15, 0.2) is 23.0 Å². The van der Waals surface area contributed by atoms with Crippen molar-refractivity contribution in [3.8, 4) is 23.0 Å². The molecule has 0 saturated carbocycles. The summed E-state index contributed by atoms with van der Waals surface area (Å²) < 4.78 is 25.7. The molecular weight excluding hydrogens is 509 g/mol. The normalized spacial score (nSPS) is 26.6. The number of carbonyl (C=O) groups excluding carboxylic acids is 3. The van der Waals surface area contributed by atoms with Gasteiger partial charge in [-0.15, -0.1) is 0 Å². The zero-order valence-electron chi connectivity index (χ0n) is 20.3. The molecule has 0 aliphatic carbocycles. The molecule has 39 heavy (non-hydrogen) atoms. The minimum atomic E-state index is -1.69. The van der Waals surface area contributed by atoms with Crippen LogP contribution in [0.15, 0.2) is 54.6 Å². The number of amides is 3. The van der Waals surface area contributed by atoms with Crippen LogP contribution >= 0.6 is 0 Å². The monoisotopic (exact) mass is 531 g/mol. The van der Waals surface area contributed by atoms with Crippen molar-refractivity contribution in [2.45, 2.75) is 18.0 Å². The minimum absolute atomic E-state index is 0.142. The minimum Gasteiger partial charge on any atom is -0.504 e. The van der Waals surface area contributed by atoms with Crippen molar-refractivity contribution in [1.29, 1.82) is 0 Å². The summed E-state index contributed by atoms with van der Waals surface area (Å²) in [6.45, 7) is 0.701. The molecule has 0 bridgehead atoms. The summed E-state index contributed by atoms with van der Waals surface area (Å²) in [5.41, 5.74) is -0.245. The summed E-state index contributed by atoms with van der Waals surface area (Å²) in [5, 5.41) is 25.7. The standard InChI is InChI=1S/C28H22FN3O7/c29-14-2-4-17-16(11-14)28(27(37)30-17)24-23(18(31-28)9-13-1-5-19(33)20(34)10-13)25(35)32(26(24)36)15-3-6-21-22(12-15)39-8-7-38-21/h1-6,10-12,18,23-24,31,33-34H,7-9H2,(H,30,37)/t18-,23+,24-,28+/m0/s1. The van der Waals surface area contributed by atoms with E-state index in [0.29, 0.717) is 36.0 Å². The SMILES string of the molecule is O=C1[C@@H]2[C@H](Cc3ccc(O)c(O)c3)N[C@@]3(C(=O)Nc4ccc(F)cc43)[C@@H]2C(=O)N1c1ccc2c(c1)OCCO2. The van der Waals surface area contributed by atoms with Crippen molar-refractivity contribution in [2.75, 3.05) is 23.4 Å². The average molecular weight is 531 g/mol. The zero-order chi connectivity index (χ0) is 27.1. The molecule has 3 amide bonds. The number of hydrogen-bond donors (Lipinski definition) is 4. The van der Waals surface area contributed by atoms with Crippen molar-refractivity contribution in [3.05, 3.63) is 71.5 Å². The molecule has 198 valence electrons. The maximum absolute atomic E-state index is 14.5. The number of halogens is 1. The van der Waals surface area contributed by atoms with Crippen LogP contribution in [0.25, 0.3) is 0 Å². The third-order valence-electron chi connectivity index (χ3n) is 7.96. The van der Waals surface area contributed by atoms with E-state index in [1.807, 2.05) is 0 Å². The first-order valence-electron chi connectivity index (χ1n) is 12.5. The van der Waals surface area contributed by atoms with Gasteiger partial charge >= 0.3 is 0 Å². The molecule has 3 aromatic carbocycles. The van der Waals surface area contributed by atoms with Gasteiger partial charge in [-0.25, -0.2) is 9.29 Å². The number of carbonyl (C=O) groups is 3. The lowest BCUT2D eigenvalue weighted by atomic mass is 9.76. The first-order chi connectivity index (χ1) is 18.8. The second kappa shape index (κ2) is 8.18. The Morgan fingerprint density at radius 1 is 0.923 bits per heavy atom. The number of hydrogen-bond acceptors (Lipinski definition) is 8. The topological polar surface area (TPSA) is 137 Å². The fraction of sp³-hybridized carbons (Fsp3) is 0.250. The van der Waals surface area contributed by atoms with Crippen LogP contribution in [0.4, 0.5) is 15.8 Å². The number of nitrogens with zero attached hydrogens (tertiary/aromatic N) is 1. The van der Waals surface area contributed by atoms with Gasteiger partial charge in [-0.3, -0.25) is 19.7 Å². The first kappa shape index (κ1) is 23.5. The van der Waals surface area contributed by atoms with Crippen molar-refractivity contribution in [1.82, 2.24) is 5.32 Å². The Hall–Kier alpha value is -4.64. The summed E-state index contributed by atoms with van der Waals surface area (Å²) in [6, 6.07) is 12.1. The lowest BCUT2D eigenvalue weighted by Gasteiger charge is -2.30. The number of phenolic OH excluding ortho intramolecular Hbond substituents is 2. The van der Waals surface area contributed by atoms with Gasteiger partial charge in [0.2, 0.25) is 17.7 Å². The zero-order valence-corrected chi connectivity index (χ0v) is 20.3. The van der Waals surface area contributed by atoms with Gasteiger partial charge in [-0.05, 0) is 54.4 Å². The van der Waals surface area contributed by atoms with E-state index < -0.39 is 47.0 Å². The summed E-state index contributed by atoms with van der Waals surface area (Å²) in [4.78, 5) is 42.8. The number of nitrogens with one attached hydrogen (secondary N) is 2. The van der Waals surface area contributed by atoms with Gasteiger partial charge in [0.25, 0.3) is 0 Å². The second-order valence-electron chi connectivity index (χ2n) is 10.1. The van der Waals surface area contributed by atoms with Crippen LogP contribution < -0.4 is 25.0 Å². The van der Waals surface area contributed by atoms with Gasteiger partial charge in [-0.1, -0.05) is 6.07 Å². The van der Waals surface area contributed by atoms with Crippen LogP contribution in [0, 0.1) is 17.7 Å². The number of aromatic hydroxyl groups is 2. The molecule has 4 aliphatic rings. The van der Waals surface area contributed by atoms with E-state index in [2.05, 4.69) is 10.6 Å². The largest absolute Gasteiger partial charge is 0.504 e. The van der Waals surface area contributed by atoms with Crippen LogP contribution in [-0.4, -0.2) is 47.2 Å². The van der Waals surface area contributed by atoms with E-state index in [4.69, 9.17) is 9.47 Å². The van der Waals surface area contributed by atoms with Gasteiger partial charge in [0.1, 0.15) is 24.6 Å². The fourth-order valence-electron chi connectivity index (χ4n) is 6.32. The summed E-state index contributed by atoms with van der Waals surface area (Å²) >= 11 is 0. The van der Waals surface area contributed by atoms with Crippen LogP contribution in [0.5, 0.6) is 23.0 Å². The number of benzene rings is 3. The summed E-state index contributed by atoms with van der Waals surface area (Å²) in [6.07, 6.45) is 0.142. The van der Waals surface area contributed by atoms with Gasteiger partial charge < -0.3 is 25.0 Å². The third-order valence-corrected chi connectivity index (χ3v) is 7.96. The van der Waals surface area contributed by atoms with E-state index in [-0.39, 0.29) is 29.2 Å². The smallest absolute Gasteiger partial charge is 0.250 e. The van der Waals surface area contributed by atoms with Gasteiger partial charge in [-0.2, -0.15) is 0 Å². The fourth-order valence-corrected chi connectivity index (χ4v) is 6.32. The second-order valence-corrected chi connectivity index (χ2v) is 10.1. The quantitative estimate of drug-likeness (QED) is 0.298. The number of imide groups is 1. The van der Waals surface area contributed by atoms with Crippen LogP contribution in [0.1, 0.15) is 11.1 Å². The molecular formula is C28H22FN3O7. The third kappa shape index (κ3) is 3.26. The maximum Gasteiger partial charge on any atom is 0.250 e. The van der Waals surface area contributed by atoms with Gasteiger partial charge in [0.05, 0.1) is 17.5 Å².